The van der Waals surface area contributed by atoms with Gasteiger partial charge in [-0.05, 0) is 0 Å². The fraction of sp³-hybridized carbons (Fsp3) is 0.667. The third-order valence-electron chi connectivity index (χ3n) is 0. The Morgan fingerprint density at radius 3 is 0.900 bits per heavy atom. The van der Waals surface area contributed by atoms with E-state index in [1.807, 2.05) is 0 Å². The van der Waals surface area contributed by atoms with Gasteiger partial charge < -0.3 is 0 Å². The maximum atomic E-state index is 8.12. The predicted molar refractivity (Wildman–Crippen MR) is 50.4 cm³/mol. The zero-order valence-corrected chi connectivity index (χ0v) is 7.72. The van der Waals surface area contributed by atoms with Crippen LogP contribution in [0.15, 0.2) is 0 Å². The Labute approximate surface area is 81.6 Å². The summed E-state index contributed by atoms with van der Waals surface area (Å²) < 4.78 is 0. The smallest absolute Gasteiger partial charge is 0.186 e. The molecule has 2 unspecified atom stereocenters. The molecule has 10 heavy (non-hydrogen) atoms. The van der Waals surface area contributed by atoms with Gasteiger partial charge in [0.15, 0.2) is 0 Å². The molecule has 0 spiro atoms. The van der Waals surface area contributed by atoms with E-state index in [9.17, 15) is 0 Å². The maximum absolute atomic E-state index is 8.12. The molecule has 0 aromatic carbocycles. The van der Waals surface area contributed by atoms with Crippen molar-refractivity contribution in [1.82, 2.24) is 0 Å². The van der Waals surface area contributed by atoms with Gasteiger partial charge in [-0.2, -0.15) is 9.59 Å². The van der Waals surface area contributed by atoms with E-state index >= 15 is 0 Å². The van der Waals surface area contributed by atoms with Crippen LogP contribution in [-0.4, -0.2) is 29.2 Å². The molecule has 0 aliphatic carbocycles. The molecule has 0 N–H and O–H groups in total. The zero-order valence-electron chi connectivity index (χ0n) is 3.99. The van der Waals surface area contributed by atoms with Gasteiger partial charge in [0, 0.05) is 9.93 Å². The van der Waals surface area contributed by atoms with Crippen LogP contribution < -0.4 is 0 Å². The van der Waals surface area contributed by atoms with Crippen molar-refractivity contribution in [3.63, 3.8) is 0 Å². The summed E-state index contributed by atoms with van der Waals surface area (Å²) in [6.07, 6.45) is 0.250. The first kappa shape index (κ1) is 46.1. The van der Waals surface area contributed by atoms with Crippen molar-refractivity contribution >= 4 is 47.1 Å². The molecule has 58 valence electrons. The molecule has 0 bridgehead atoms. The Morgan fingerprint density at radius 2 is 0.900 bits per heavy atom. The Morgan fingerprint density at radius 1 is 0.900 bits per heavy atom. The van der Waals surface area contributed by atoms with Gasteiger partial charge in [0.05, 0.1) is 0 Å². The molecule has 2 atom stereocenters. The van der Waals surface area contributed by atoms with Crippen LogP contribution in [0.3, 0.4) is 0 Å². The normalized spacial score (nSPS) is 1.80. The van der Waals surface area contributed by atoms with Crippen molar-refractivity contribution in [3.05, 3.63) is 9.93 Å². The monoisotopic (exact) mass is 198 g/mol. The van der Waals surface area contributed by atoms with Gasteiger partial charge in [-0.1, -0.05) is 14.9 Å². The second-order valence-electron chi connectivity index (χ2n) is 0.0833. The molecule has 0 saturated heterocycles. The van der Waals surface area contributed by atoms with Gasteiger partial charge >= 0.3 is 29.2 Å². The van der Waals surface area contributed by atoms with Gasteiger partial charge in [0.1, 0.15) is 0 Å². The van der Waals surface area contributed by atoms with E-state index in [0.717, 1.165) is 0 Å². The van der Waals surface area contributed by atoms with E-state index in [2.05, 4.69) is 17.9 Å². The van der Waals surface area contributed by atoms with Gasteiger partial charge in [0.25, 0.3) is 0 Å². The van der Waals surface area contributed by atoms with Crippen molar-refractivity contribution in [2.75, 3.05) is 0 Å². The van der Waals surface area contributed by atoms with E-state index in [-0.39, 0.29) is 44.1 Å². The second kappa shape index (κ2) is 276. The summed E-state index contributed by atoms with van der Waals surface area (Å²) in [4.78, 5) is 30.2. The van der Waals surface area contributed by atoms with E-state index < -0.39 is 0 Å². The molecule has 0 radical (unpaired) electrons. The average molecular weight is 198 g/mol. The molecule has 0 fully saturated rings. The van der Waals surface area contributed by atoms with Crippen molar-refractivity contribution in [3.8, 4) is 0 Å². The molecule has 0 heterocycles. The molecule has 0 amide bonds. The van der Waals surface area contributed by atoms with Gasteiger partial charge in [-0.25, -0.2) is 0 Å². The van der Waals surface area contributed by atoms with Crippen LogP contribution >= 0.6 is 17.9 Å². The molecular weight excluding hydrogens is 186 g/mol. The Kier molecular flexibility index (Phi) is 1270. The van der Waals surface area contributed by atoms with E-state index in [1.165, 1.54) is 0 Å². The number of rotatable bonds is 0. The summed E-state index contributed by atoms with van der Waals surface area (Å²) in [6, 6.07) is 0. The molecule has 0 aromatic heterocycles. The number of carbonyl (C=O) groups excluding carboxylic acids is 2. The summed E-state index contributed by atoms with van der Waals surface area (Å²) in [5.74, 6) is 0. The van der Waals surface area contributed by atoms with E-state index in [1.54, 1.807) is 0 Å². The molecule has 0 aliphatic rings. The predicted octanol–water partition coefficient (Wildman–Crippen LogP) is 1.03. The van der Waals surface area contributed by atoms with Crippen LogP contribution in [0.4, 0.5) is 0 Å². The molecule has 0 aromatic rings. The van der Waals surface area contributed by atoms with Crippen molar-refractivity contribution in [1.29, 1.82) is 0 Å². The van der Waals surface area contributed by atoms with E-state index in [0.29, 0.717) is 0 Å². The first-order chi connectivity index (χ1) is 3.41. The molecule has 4 nitrogen and oxygen atoms in total. The molecule has 0 aliphatic heterocycles. The minimum absolute atomic E-state index is 0. The largest absolute Gasteiger partial charge is 2.00 e. The van der Waals surface area contributed by atoms with Crippen LogP contribution in [0.5, 0.6) is 0 Å². The summed E-state index contributed by atoms with van der Waals surface area (Å²) in [6.45, 7) is 0. The minimum Gasteiger partial charge on any atom is -0.186 e. The Hall–Kier alpha value is 0.606. The summed E-state index contributed by atoms with van der Waals surface area (Å²) >= 11 is 0. The molecule has 0 saturated carbocycles. The topological polar surface area (TPSA) is 68.3 Å². The number of hydrogen-bond donors (Lipinski definition) is 0. The summed E-state index contributed by atoms with van der Waals surface area (Å²) in [5, 5.41) is 0. The van der Waals surface area contributed by atoms with Gasteiger partial charge in [-0.15, -0.1) is 17.9 Å². The molecule has 7 heteroatoms. The number of hydrogen-bond acceptors (Lipinski definition) is 4. The van der Waals surface area contributed by atoms with Crippen LogP contribution in [0, 0.1) is 9.93 Å². The first-order valence-electron chi connectivity index (χ1n) is 0.908. The average Bonchev–Trinajstić information content (AvgIpc) is 1.78. The fourth-order valence-electron chi connectivity index (χ4n) is 0. The van der Waals surface area contributed by atoms with Crippen molar-refractivity contribution in [2.45, 2.75) is 14.9 Å². The molecular formula is C3H12MgO4P2+2. The fourth-order valence-corrected chi connectivity index (χ4v) is 0. The zero-order chi connectivity index (χ0) is 6.71. The van der Waals surface area contributed by atoms with Crippen LogP contribution in [-0.2, 0) is 9.59 Å². The van der Waals surface area contributed by atoms with Crippen molar-refractivity contribution < 1.29 is 9.59 Å². The Balaban J connectivity index is -0.00000000536. The standard InChI is InChI=1S/CO2.2CH4.Mg.O2.H4P2/c2-1-3;;;;2*1-2/h;2*1H4;;;1-2H2/q;;;+2;;. The minimum atomic E-state index is 0. The molecule has 0 rings (SSSR count). The van der Waals surface area contributed by atoms with Crippen LogP contribution in [0.25, 0.3) is 0 Å². The quantitative estimate of drug-likeness (QED) is 0.430. The third-order valence-corrected chi connectivity index (χ3v) is 0. The Bertz CT molecular complexity index is 47.8. The van der Waals surface area contributed by atoms with E-state index in [4.69, 9.17) is 19.5 Å². The SMILES string of the molecule is C.C.O=C=O.O=O.PP.[Mg+2]. The summed E-state index contributed by atoms with van der Waals surface area (Å²) in [7, 11) is 4.67. The van der Waals surface area contributed by atoms with Crippen LogP contribution in [0.2, 0.25) is 0 Å². The van der Waals surface area contributed by atoms with Crippen LogP contribution in [0.1, 0.15) is 14.9 Å². The summed E-state index contributed by atoms with van der Waals surface area (Å²) in [5.41, 5.74) is 0. The third kappa shape index (κ3) is 1350. The van der Waals surface area contributed by atoms with Gasteiger partial charge in [-0.3, -0.25) is 0 Å². The van der Waals surface area contributed by atoms with Crippen molar-refractivity contribution in [2.24, 2.45) is 0 Å². The maximum Gasteiger partial charge on any atom is 2.00 e. The first-order valence-corrected chi connectivity index (χ1v) is 3.57. The second-order valence-corrected chi connectivity index (χ2v) is 0.0833. The van der Waals surface area contributed by atoms with Gasteiger partial charge in [0.2, 0.25) is 0 Å².